The molecule has 3 heteroatoms. The number of rotatable bonds is 5. The molecule has 0 fully saturated rings. The van der Waals surface area contributed by atoms with Crippen LogP contribution in [0.2, 0.25) is 0 Å². The third kappa shape index (κ3) is 5.77. The molecule has 19 heavy (non-hydrogen) atoms. The average Bonchev–Trinajstić information content (AvgIpc) is 2.36. The fourth-order valence-electron chi connectivity index (χ4n) is 1.75. The van der Waals surface area contributed by atoms with E-state index >= 15 is 0 Å². The van der Waals surface area contributed by atoms with Gasteiger partial charge in [-0.15, -0.1) is 0 Å². The predicted octanol–water partition coefficient (Wildman–Crippen LogP) is 3.58. The van der Waals surface area contributed by atoms with Crippen molar-refractivity contribution in [2.24, 2.45) is 0 Å². The van der Waals surface area contributed by atoms with Crippen molar-refractivity contribution >= 4 is 6.03 Å². The number of amides is 2. The van der Waals surface area contributed by atoms with Crippen LogP contribution in [0.1, 0.15) is 51.7 Å². The Balaban J connectivity index is 2.40. The molecule has 1 aromatic rings. The fourth-order valence-corrected chi connectivity index (χ4v) is 1.75. The Morgan fingerprint density at radius 1 is 1.11 bits per heavy atom. The molecule has 0 heterocycles. The van der Waals surface area contributed by atoms with E-state index in [1.807, 2.05) is 0 Å². The Hall–Kier alpha value is -1.51. The first kappa shape index (κ1) is 15.5. The van der Waals surface area contributed by atoms with E-state index in [0.717, 1.165) is 24.9 Å². The molecule has 1 rings (SSSR count). The molecule has 0 saturated carbocycles. The highest BCUT2D eigenvalue weighted by Gasteiger charge is 2.12. The summed E-state index contributed by atoms with van der Waals surface area (Å²) in [6.07, 6.45) is 2.11. The first-order valence-electron chi connectivity index (χ1n) is 7.04. The van der Waals surface area contributed by atoms with Crippen molar-refractivity contribution < 1.29 is 4.79 Å². The Kier molecular flexibility index (Phi) is 5.87. The van der Waals surface area contributed by atoms with Crippen molar-refractivity contribution in [1.82, 2.24) is 10.6 Å². The van der Waals surface area contributed by atoms with Gasteiger partial charge in [-0.25, -0.2) is 4.79 Å². The minimum atomic E-state index is -0.0895. The average molecular weight is 262 g/mol. The van der Waals surface area contributed by atoms with E-state index in [2.05, 4.69) is 62.6 Å². The zero-order valence-corrected chi connectivity index (χ0v) is 12.5. The Labute approximate surface area is 116 Å². The van der Waals surface area contributed by atoms with E-state index in [-0.39, 0.29) is 11.4 Å². The molecular weight excluding hydrogens is 236 g/mol. The van der Waals surface area contributed by atoms with Gasteiger partial charge in [0.15, 0.2) is 0 Å². The number of carbonyl (C=O) groups excluding carboxylic acids is 1. The van der Waals surface area contributed by atoms with Crippen molar-refractivity contribution in [2.45, 2.75) is 52.5 Å². The molecule has 0 bridgehead atoms. The number of carbonyl (C=O) groups is 1. The highest BCUT2D eigenvalue weighted by atomic mass is 16.2. The summed E-state index contributed by atoms with van der Waals surface area (Å²) in [6.45, 7) is 10.0. The van der Waals surface area contributed by atoms with Crippen LogP contribution in [-0.2, 0) is 12.0 Å². The second-order valence-electron chi connectivity index (χ2n) is 5.91. The van der Waals surface area contributed by atoms with E-state index in [0.29, 0.717) is 6.54 Å². The van der Waals surface area contributed by atoms with Crippen molar-refractivity contribution in [2.75, 3.05) is 6.54 Å². The Morgan fingerprint density at radius 2 is 1.74 bits per heavy atom. The molecule has 2 amide bonds. The zero-order valence-electron chi connectivity index (χ0n) is 12.5. The minimum Gasteiger partial charge on any atom is -0.338 e. The number of urea groups is 1. The lowest BCUT2D eigenvalue weighted by Crippen LogP contribution is -2.35. The predicted molar refractivity (Wildman–Crippen MR) is 80.3 cm³/mol. The molecule has 106 valence electrons. The highest BCUT2D eigenvalue weighted by molar-refractivity contribution is 5.73. The van der Waals surface area contributed by atoms with Gasteiger partial charge in [0, 0.05) is 13.1 Å². The monoisotopic (exact) mass is 262 g/mol. The molecule has 0 aliphatic heterocycles. The molecule has 0 aromatic heterocycles. The zero-order chi connectivity index (χ0) is 14.3. The standard InChI is InChI=1S/C16H26N2O/c1-5-6-11-17-15(19)18-12-13-7-9-14(10-8-13)16(2,3)4/h7-10H,5-6,11-12H2,1-4H3,(H2,17,18,19). The van der Waals surface area contributed by atoms with Crippen molar-refractivity contribution in [1.29, 1.82) is 0 Å². The van der Waals surface area contributed by atoms with E-state index in [1.165, 1.54) is 5.56 Å². The summed E-state index contributed by atoms with van der Waals surface area (Å²) in [5.74, 6) is 0. The SMILES string of the molecule is CCCCNC(=O)NCc1ccc(C(C)(C)C)cc1. The van der Waals surface area contributed by atoms with E-state index in [1.54, 1.807) is 0 Å². The maximum Gasteiger partial charge on any atom is 0.315 e. The fraction of sp³-hybridized carbons (Fsp3) is 0.562. The Bertz CT molecular complexity index is 390. The van der Waals surface area contributed by atoms with Crippen LogP contribution in [0.25, 0.3) is 0 Å². The number of unbranched alkanes of at least 4 members (excludes halogenated alkanes) is 1. The molecule has 0 spiro atoms. The van der Waals surface area contributed by atoms with E-state index < -0.39 is 0 Å². The molecule has 0 atom stereocenters. The van der Waals surface area contributed by atoms with Gasteiger partial charge in [0.05, 0.1) is 0 Å². The second kappa shape index (κ2) is 7.17. The molecule has 0 saturated heterocycles. The number of hydrogen-bond donors (Lipinski definition) is 2. The van der Waals surface area contributed by atoms with Crippen molar-refractivity contribution in [3.05, 3.63) is 35.4 Å². The summed E-state index contributed by atoms with van der Waals surface area (Å²) < 4.78 is 0. The summed E-state index contributed by atoms with van der Waals surface area (Å²) in [4.78, 5) is 11.5. The normalized spacial score (nSPS) is 11.2. The molecular formula is C16H26N2O. The van der Waals surface area contributed by atoms with Gasteiger partial charge >= 0.3 is 6.03 Å². The quantitative estimate of drug-likeness (QED) is 0.782. The van der Waals surface area contributed by atoms with Crippen molar-refractivity contribution in [3.63, 3.8) is 0 Å². The largest absolute Gasteiger partial charge is 0.338 e. The lowest BCUT2D eigenvalue weighted by Gasteiger charge is -2.19. The van der Waals surface area contributed by atoms with Crippen LogP contribution in [0.3, 0.4) is 0 Å². The summed E-state index contributed by atoms with van der Waals surface area (Å²) in [5, 5.41) is 5.71. The summed E-state index contributed by atoms with van der Waals surface area (Å²) in [6, 6.07) is 8.33. The van der Waals surface area contributed by atoms with Gasteiger partial charge in [-0.2, -0.15) is 0 Å². The smallest absolute Gasteiger partial charge is 0.315 e. The number of nitrogens with one attached hydrogen (secondary N) is 2. The molecule has 0 aliphatic carbocycles. The van der Waals surface area contributed by atoms with E-state index in [9.17, 15) is 4.79 Å². The minimum absolute atomic E-state index is 0.0895. The molecule has 2 N–H and O–H groups in total. The molecule has 0 aliphatic rings. The molecule has 0 radical (unpaired) electrons. The van der Waals surface area contributed by atoms with Gasteiger partial charge in [0.1, 0.15) is 0 Å². The lowest BCUT2D eigenvalue weighted by atomic mass is 9.87. The van der Waals surface area contributed by atoms with Crippen LogP contribution < -0.4 is 10.6 Å². The molecule has 0 unspecified atom stereocenters. The van der Waals surface area contributed by atoms with Crippen LogP contribution in [0, 0.1) is 0 Å². The van der Waals surface area contributed by atoms with Crippen molar-refractivity contribution in [3.8, 4) is 0 Å². The van der Waals surface area contributed by atoms with E-state index in [4.69, 9.17) is 0 Å². The summed E-state index contributed by atoms with van der Waals surface area (Å²) in [7, 11) is 0. The Morgan fingerprint density at radius 3 is 2.26 bits per heavy atom. The van der Waals surface area contributed by atoms with Gasteiger partial charge < -0.3 is 10.6 Å². The van der Waals surface area contributed by atoms with Gasteiger partial charge in [0.2, 0.25) is 0 Å². The third-order valence-electron chi connectivity index (χ3n) is 3.09. The van der Waals surface area contributed by atoms with Crippen LogP contribution >= 0.6 is 0 Å². The molecule has 3 nitrogen and oxygen atoms in total. The van der Waals surface area contributed by atoms with Gasteiger partial charge in [-0.3, -0.25) is 0 Å². The van der Waals surface area contributed by atoms with Crippen LogP contribution in [0.4, 0.5) is 4.79 Å². The molecule has 1 aromatic carbocycles. The highest BCUT2D eigenvalue weighted by Crippen LogP contribution is 2.22. The lowest BCUT2D eigenvalue weighted by molar-refractivity contribution is 0.240. The van der Waals surface area contributed by atoms with Crippen LogP contribution in [0.15, 0.2) is 24.3 Å². The van der Waals surface area contributed by atoms with Crippen LogP contribution in [0.5, 0.6) is 0 Å². The first-order valence-corrected chi connectivity index (χ1v) is 7.04. The summed E-state index contributed by atoms with van der Waals surface area (Å²) >= 11 is 0. The second-order valence-corrected chi connectivity index (χ2v) is 5.91. The third-order valence-corrected chi connectivity index (χ3v) is 3.09. The maximum atomic E-state index is 11.5. The number of benzene rings is 1. The van der Waals surface area contributed by atoms with Gasteiger partial charge in [0.25, 0.3) is 0 Å². The topological polar surface area (TPSA) is 41.1 Å². The maximum absolute atomic E-state index is 11.5. The van der Waals surface area contributed by atoms with Gasteiger partial charge in [-0.05, 0) is 23.0 Å². The summed E-state index contributed by atoms with van der Waals surface area (Å²) in [5.41, 5.74) is 2.60. The van der Waals surface area contributed by atoms with Crippen LogP contribution in [-0.4, -0.2) is 12.6 Å². The first-order chi connectivity index (χ1) is 8.93. The number of hydrogen-bond acceptors (Lipinski definition) is 1. The van der Waals surface area contributed by atoms with Gasteiger partial charge in [-0.1, -0.05) is 58.4 Å².